The van der Waals surface area contributed by atoms with E-state index in [-0.39, 0.29) is 69.1 Å². The molecule has 0 saturated heterocycles. The Kier molecular flexibility index (Phi) is 13.5. The summed E-state index contributed by atoms with van der Waals surface area (Å²) in [6, 6.07) is 3.85. The number of hydrogen-bond acceptors (Lipinski definition) is 5. The van der Waals surface area contributed by atoms with Gasteiger partial charge < -0.3 is 26.6 Å². The van der Waals surface area contributed by atoms with Crippen molar-refractivity contribution < 1.29 is 57.2 Å². The number of aliphatic hydroxyl groups excluding tert-OH is 2. The molecule has 0 heterocycles. The topological polar surface area (TPSA) is 76.0 Å². The van der Waals surface area contributed by atoms with Crippen molar-refractivity contribution in [3.63, 3.8) is 0 Å². The molecule has 0 unspecified atom stereocenters. The summed E-state index contributed by atoms with van der Waals surface area (Å²) in [6.45, 7) is 7.98. The first-order valence-electron chi connectivity index (χ1n) is 10.6. The Balaban J connectivity index is 0.00000480. The van der Waals surface area contributed by atoms with E-state index in [1.807, 2.05) is 26.0 Å². The van der Waals surface area contributed by atoms with Gasteiger partial charge in [0.25, 0.3) is 0 Å². The van der Waals surface area contributed by atoms with Gasteiger partial charge in [-0.1, -0.05) is 12.2 Å². The first-order chi connectivity index (χ1) is 14.4. The van der Waals surface area contributed by atoms with Crippen molar-refractivity contribution in [2.45, 2.75) is 64.0 Å². The molecule has 2 rings (SSSR count). The fourth-order valence-corrected chi connectivity index (χ4v) is 4.56. The van der Waals surface area contributed by atoms with Crippen LogP contribution in [0.2, 0.25) is 0 Å². The molecule has 31 heavy (non-hydrogen) atoms. The monoisotopic (exact) mass is 526 g/mol. The molecule has 4 atom stereocenters. The quantitative estimate of drug-likeness (QED) is 0.148. The maximum Gasteiger partial charge on any atom is 0.303 e. The molecule has 7 heteroatoms. The number of allylic oxidation sites excluding steroid dienone is 2. The van der Waals surface area contributed by atoms with Crippen LogP contribution < -0.4 is 4.74 Å². The van der Waals surface area contributed by atoms with Gasteiger partial charge in [-0.2, -0.15) is 0 Å². The van der Waals surface area contributed by atoms with Crippen LogP contribution in [0.5, 0.6) is 5.75 Å². The van der Waals surface area contributed by atoms with Crippen LogP contribution in [-0.2, 0) is 48.8 Å². The number of benzene rings is 1. The van der Waals surface area contributed by atoms with E-state index in [4.69, 9.17) is 21.1 Å². The molecule has 0 spiro atoms. The van der Waals surface area contributed by atoms with Crippen LogP contribution in [0.15, 0.2) is 24.3 Å². The maximum absolute atomic E-state index is 11.3. The van der Waals surface area contributed by atoms with E-state index < -0.39 is 6.10 Å². The third kappa shape index (κ3) is 8.77. The number of ether oxygens (including phenoxy) is 2. The summed E-state index contributed by atoms with van der Waals surface area (Å²) in [5.41, 5.74) is 2.91. The molecule has 1 radical (unpaired) electrons. The number of aryl methyl sites for hydroxylation is 2. The van der Waals surface area contributed by atoms with Gasteiger partial charge >= 0.3 is 5.97 Å². The number of carbonyl (C=O) groups excluding carboxylic acids is 1. The van der Waals surface area contributed by atoms with E-state index in [1.165, 1.54) is 0 Å². The normalized spacial score (nSPS) is 23.0. The van der Waals surface area contributed by atoms with Gasteiger partial charge in [0.2, 0.25) is 0 Å². The number of esters is 1. The molecule has 1 aromatic carbocycles. The van der Waals surface area contributed by atoms with Gasteiger partial charge in [0.1, 0.15) is 5.75 Å². The fourth-order valence-electron chi connectivity index (χ4n) is 4.09. The van der Waals surface area contributed by atoms with Gasteiger partial charge in [-0.15, -0.1) is 11.6 Å². The zero-order chi connectivity index (χ0) is 22.1. The molecule has 5 nitrogen and oxygen atoms in total. The molecule has 0 aliphatic heterocycles. The minimum Gasteiger partial charge on any atom is -0.499 e. The first kappa shape index (κ1) is 28.6. The molecule has 0 amide bonds. The predicted molar refractivity (Wildman–Crippen MR) is 119 cm³/mol. The minimum atomic E-state index is -0.484. The molecule has 2 N–H and O–H groups in total. The van der Waals surface area contributed by atoms with Crippen molar-refractivity contribution in [1.82, 2.24) is 0 Å². The molecule has 171 valence electrons. The average molecular weight is 527 g/mol. The number of carbonyl (C=O) groups is 1. The maximum atomic E-state index is 11.3. The number of rotatable bonds is 11. The zero-order valence-electron chi connectivity index (χ0n) is 18.6. The van der Waals surface area contributed by atoms with Gasteiger partial charge in [-0.05, 0) is 80.9 Å². The molecule has 0 aromatic heterocycles. The van der Waals surface area contributed by atoms with Gasteiger partial charge in [0.05, 0.1) is 19.3 Å². The van der Waals surface area contributed by atoms with E-state index in [0.717, 1.165) is 41.7 Å². The Morgan fingerprint density at radius 3 is 2.55 bits per heavy atom. The van der Waals surface area contributed by atoms with Crippen LogP contribution in [0.4, 0.5) is 0 Å². The van der Waals surface area contributed by atoms with Crippen LogP contribution in [0, 0.1) is 32.6 Å². The van der Waals surface area contributed by atoms with E-state index in [9.17, 15) is 15.0 Å². The SMILES string of the molecule is [CH2-]COC(=O)CCC/C=C\C[C@@H]1[C@@H](COc2cc(C)c(CO)c(C)c2)[C@H](O)C[C@H]1Cl.[Y]. The molecule has 0 bridgehead atoms. The Morgan fingerprint density at radius 1 is 1.26 bits per heavy atom. The summed E-state index contributed by atoms with van der Waals surface area (Å²) in [4.78, 5) is 11.3. The Hall–Kier alpha value is -0.456. The second kappa shape index (κ2) is 14.6. The third-order valence-electron chi connectivity index (χ3n) is 5.84. The zero-order valence-corrected chi connectivity index (χ0v) is 22.2. The Labute approximate surface area is 216 Å². The summed E-state index contributed by atoms with van der Waals surface area (Å²) >= 11 is 6.51. The minimum absolute atomic E-state index is 0. The second-order valence-corrected chi connectivity index (χ2v) is 8.53. The first-order valence-corrected chi connectivity index (χ1v) is 11.1. The molecule has 1 aliphatic rings. The van der Waals surface area contributed by atoms with E-state index in [0.29, 0.717) is 19.4 Å². The number of halogens is 1. The molecule has 1 aliphatic carbocycles. The van der Waals surface area contributed by atoms with Crippen LogP contribution in [0.3, 0.4) is 0 Å². The summed E-state index contributed by atoms with van der Waals surface area (Å²) in [6.07, 6.45) is 6.92. The van der Waals surface area contributed by atoms with E-state index >= 15 is 0 Å². The van der Waals surface area contributed by atoms with Crippen molar-refractivity contribution in [1.29, 1.82) is 0 Å². The van der Waals surface area contributed by atoms with Crippen LogP contribution in [0.25, 0.3) is 0 Å². The Morgan fingerprint density at radius 2 is 1.94 bits per heavy atom. The summed E-state index contributed by atoms with van der Waals surface area (Å²) in [5.74, 6) is 0.624. The molecule has 1 aromatic rings. The van der Waals surface area contributed by atoms with Crippen LogP contribution in [-0.4, -0.2) is 40.9 Å². The van der Waals surface area contributed by atoms with Crippen molar-refractivity contribution in [3.05, 3.63) is 47.9 Å². The Bertz CT molecular complexity index is 701. The van der Waals surface area contributed by atoms with Crippen LogP contribution >= 0.6 is 11.6 Å². The smallest absolute Gasteiger partial charge is 0.303 e. The van der Waals surface area contributed by atoms with Gasteiger partial charge in [0.15, 0.2) is 0 Å². The number of alkyl halides is 1. The second-order valence-electron chi connectivity index (χ2n) is 7.97. The largest absolute Gasteiger partial charge is 0.499 e. The molecule has 1 saturated carbocycles. The van der Waals surface area contributed by atoms with Gasteiger partial charge in [0, 0.05) is 50.4 Å². The van der Waals surface area contributed by atoms with E-state index in [1.54, 1.807) is 0 Å². The van der Waals surface area contributed by atoms with Crippen LogP contribution in [0.1, 0.15) is 48.8 Å². The summed E-state index contributed by atoms with van der Waals surface area (Å²) in [7, 11) is 0. The fraction of sp³-hybridized carbons (Fsp3) is 0.583. The number of unbranched alkanes of at least 4 members (excludes halogenated alkanes) is 1. The van der Waals surface area contributed by atoms with Gasteiger partial charge in [-0.25, -0.2) is 0 Å². The number of aliphatic hydroxyl groups is 2. The predicted octanol–water partition coefficient (Wildman–Crippen LogP) is 4.27. The van der Waals surface area contributed by atoms with Crippen molar-refractivity contribution in [3.8, 4) is 5.75 Å². The van der Waals surface area contributed by atoms with Crippen molar-refractivity contribution in [2.75, 3.05) is 13.2 Å². The molecule has 1 fully saturated rings. The third-order valence-corrected chi connectivity index (χ3v) is 6.34. The summed E-state index contributed by atoms with van der Waals surface area (Å²) in [5, 5.41) is 19.8. The molecular formula is C24H34ClO5Y-. The number of hydrogen-bond donors (Lipinski definition) is 2. The average Bonchev–Trinajstić information content (AvgIpc) is 2.95. The standard InChI is InChI=1S/C24H34ClO5.Y/c1-4-29-24(28)10-8-6-5-7-9-19-21(23(27)13-22(19)25)15-30-18-11-16(2)20(14-26)17(3)12-18;/h5,7,11-12,19,21-23,26-27H,1,4,6,8-10,13-15H2,2-3H3;/q-1;/b7-5-;/t19-,21-,22-,23-;/m1./s1. The summed E-state index contributed by atoms with van der Waals surface area (Å²) < 4.78 is 10.8. The van der Waals surface area contributed by atoms with E-state index in [2.05, 4.69) is 19.1 Å². The molecular weight excluding hydrogens is 493 g/mol. The van der Waals surface area contributed by atoms with Crippen molar-refractivity contribution in [2.24, 2.45) is 11.8 Å². The van der Waals surface area contributed by atoms with Gasteiger partial charge in [-0.3, -0.25) is 4.79 Å². The van der Waals surface area contributed by atoms with Crippen molar-refractivity contribution >= 4 is 17.6 Å².